The number of hydrogen-bond acceptors (Lipinski definition) is 6. The molecule has 1 aliphatic heterocycles. The predicted molar refractivity (Wildman–Crippen MR) is 121 cm³/mol. The molecule has 2 N–H and O–H groups in total. The molecule has 0 bridgehead atoms. The number of benzene rings is 2. The highest BCUT2D eigenvalue weighted by Gasteiger charge is 2.34. The summed E-state index contributed by atoms with van der Waals surface area (Å²) in [5.41, 5.74) is 0.529. The number of furan rings is 1. The molecule has 0 amide bonds. The molecule has 2 aromatic carbocycles. The van der Waals surface area contributed by atoms with E-state index in [0.717, 1.165) is 0 Å². The van der Waals surface area contributed by atoms with Gasteiger partial charge in [0.15, 0.2) is 0 Å². The average molecular weight is 471 g/mol. The summed E-state index contributed by atoms with van der Waals surface area (Å²) in [5, 5.41) is 0.149. The fraction of sp³-hybridized carbons (Fsp3) is 0.0909. The molecule has 164 valence electrons. The predicted octanol–water partition coefficient (Wildman–Crippen LogP) is 3.96. The molecule has 8 nitrogen and oxygen atoms in total. The highest BCUT2D eigenvalue weighted by atomic mass is 32.2. The Labute approximate surface area is 185 Å². The van der Waals surface area contributed by atoms with Crippen molar-refractivity contribution >= 4 is 42.4 Å². The highest BCUT2D eigenvalue weighted by Crippen LogP contribution is 2.33. The largest absolute Gasteiger partial charge is 0.473 e. The zero-order valence-corrected chi connectivity index (χ0v) is 18.1. The number of nitrogens with one attached hydrogen (secondary N) is 2. The molecular weight excluding hydrogens is 452 g/mol. The summed E-state index contributed by atoms with van der Waals surface area (Å²) in [6, 6.07) is 14.4. The number of allylic oxidation sites excluding steroid dienone is 2. The minimum Gasteiger partial charge on any atom is -0.473 e. The first kappa shape index (κ1) is 20.4. The van der Waals surface area contributed by atoms with E-state index >= 15 is 0 Å². The van der Waals surface area contributed by atoms with E-state index in [0.29, 0.717) is 11.0 Å². The third-order valence-electron chi connectivity index (χ3n) is 5.05. The number of sulfonamides is 2. The van der Waals surface area contributed by atoms with Crippen LogP contribution in [-0.4, -0.2) is 22.9 Å². The van der Waals surface area contributed by atoms with Gasteiger partial charge in [-0.25, -0.2) is 0 Å². The summed E-state index contributed by atoms with van der Waals surface area (Å²) in [4.78, 5) is 0. The Balaban J connectivity index is 1.42. The van der Waals surface area contributed by atoms with Crippen LogP contribution in [0.25, 0.3) is 11.0 Å². The summed E-state index contributed by atoms with van der Waals surface area (Å²) in [6.45, 7) is 0. The maximum Gasteiger partial charge on any atom is 0.295 e. The normalized spacial score (nSPS) is 19.9. The van der Waals surface area contributed by atoms with Gasteiger partial charge in [0.1, 0.15) is 11.7 Å². The molecule has 0 radical (unpaired) electrons. The van der Waals surface area contributed by atoms with Gasteiger partial charge >= 0.3 is 0 Å². The van der Waals surface area contributed by atoms with Crippen molar-refractivity contribution in [2.75, 3.05) is 9.44 Å². The van der Waals surface area contributed by atoms with Crippen LogP contribution in [0.15, 0.2) is 99.6 Å². The summed E-state index contributed by atoms with van der Waals surface area (Å²) in [5.74, 6) is -0.173. The zero-order chi connectivity index (χ0) is 22.3. The van der Waals surface area contributed by atoms with Gasteiger partial charge in [0.25, 0.3) is 20.0 Å². The van der Waals surface area contributed by atoms with Crippen LogP contribution in [0.1, 0.15) is 0 Å². The first-order valence-corrected chi connectivity index (χ1v) is 12.7. The number of anilines is 2. The lowest BCUT2D eigenvalue weighted by Crippen LogP contribution is -2.20. The summed E-state index contributed by atoms with van der Waals surface area (Å²) in [6.07, 6.45) is 8.38. The topological polar surface area (TPSA) is 115 Å². The molecule has 1 aliphatic carbocycles. The van der Waals surface area contributed by atoms with E-state index < -0.39 is 20.0 Å². The maximum absolute atomic E-state index is 12.9. The molecule has 1 aromatic heterocycles. The van der Waals surface area contributed by atoms with E-state index in [1.807, 2.05) is 12.2 Å². The van der Waals surface area contributed by atoms with E-state index in [1.165, 1.54) is 24.3 Å². The minimum absolute atomic E-state index is 0.0485. The van der Waals surface area contributed by atoms with Gasteiger partial charge < -0.3 is 9.15 Å². The van der Waals surface area contributed by atoms with Crippen LogP contribution in [0, 0.1) is 5.92 Å². The number of fused-ring (bicyclic) bond motifs is 2. The Kier molecular flexibility index (Phi) is 4.83. The van der Waals surface area contributed by atoms with E-state index in [4.69, 9.17) is 9.15 Å². The average Bonchev–Trinajstić information content (AvgIpc) is 3.40. The molecule has 2 heterocycles. The molecular formula is C22H18N2O6S2. The smallest absolute Gasteiger partial charge is 0.295 e. The van der Waals surface area contributed by atoms with E-state index in [2.05, 4.69) is 9.44 Å². The third-order valence-corrected chi connectivity index (χ3v) is 7.52. The van der Waals surface area contributed by atoms with Crippen LogP contribution >= 0.6 is 0 Å². The molecule has 0 fully saturated rings. The lowest BCUT2D eigenvalue weighted by molar-refractivity contribution is 0.181. The van der Waals surface area contributed by atoms with Gasteiger partial charge in [-0.3, -0.25) is 9.44 Å². The lowest BCUT2D eigenvalue weighted by Gasteiger charge is -2.16. The molecule has 32 heavy (non-hydrogen) atoms. The Morgan fingerprint density at radius 2 is 1.44 bits per heavy atom. The van der Waals surface area contributed by atoms with Crippen LogP contribution in [0.5, 0.6) is 0 Å². The van der Waals surface area contributed by atoms with Crippen molar-refractivity contribution in [3.63, 3.8) is 0 Å². The van der Waals surface area contributed by atoms with Crippen LogP contribution in [0.3, 0.4) is 0 Å². The Hall–Kier alpha value is -3.50. The second-order valence-corrected chi connectivity index (χ2v) is 10.5. The lowest BCUT2D eigenvalue weighted by atomic mass is 10.00. The number of rotatable bonds is 6. The molecule has 0 saturated heterocycles. The molecule has 2 atom stereocenters. The van der Waals surface area contributed by atoms with Crippen LogP contribution < -0.4 is 9.44 Å². The van der Waals surface area contributed by atoms with Gasteiger partial charge in [0.05, 0.1) is 11.4 Å². The fourth-order valence-corrected chi connectivity index (χ4v) is 5.69. The van der Waals surface area contributed by atoms with E-state index in [1.54, 1.807) is 48.6 Å². The molecule has 10 heteroatoms. The first-order chi connectivity index (χ1) is 15.3. The number of para-hydroxylation sites is 3. The van der Waals surface area contributed by atoms with Crippen molar-refractivity contribution in [1.82, 2.24) is 0 Å². The Bertz CT molecular complexity index is 1470. The second-order valence-electron chi connectivity index (χ2n) is 7.28. The van der Waals surface area contributed by atoms with Crippen molar-refractivity contribution < 1.29 is 26.0 Å². The Morgan fingerprint density at radius 3 is 2.16 bits per heavy atom. The zero-order valence-electron chi connectivity index (χ0n) is 16.5. The highest BCUT2D eigenvalue weighted by molar-refractivity contribution is 7.96. The van der Waals surface area contributed by atoms with E-state index in [9.17, 15) is 16.8 Å². The summed E-state index contributed by atoms with van der Waals surface area (Å²) in [7, 11) is -8.18. The quantitative estimate of drug-likeness (QED) is 0.564. The summed E-state index contributed by atoms with van der Waals surface area (Å²) >= 11 is 0. The SMILES string of the molecule is O=S(=O)(Nc1ccccc1NS(=O)(=O)c1cc2ccccc2o1)C1=CC2C=CC=CC2O1. The monoisotopic (exact) mass is 470 g/mol. The molecule has 2 unspecified atom stereocenters. The van der Waals surface area contributed by atoms with Gasteiger partial charge in [-0.15, -0.1) is 0 Å². The standard InChI is InChI=1S/C22H18N2O6S2/c25-31(26,21-13-15-7-1-5-11-19(15)29-21)23-17-9-3-4-10-18(17)24-32(27,28)22-14-16-8-2-6-12-20(16)30-22/h1-15,19,23-24H. The number of hydrogen-bond donors (Lipinski definition) is 2. The second kappa shape index (κ2) is 7.57. The fourth-order valence-electron chi connectivity index (χ4n) is 3.50. The van der Waals surface area contributed by atoms with Crippen molar-refractivity contribution in [2.24, 2.45) is 5.92 Å². The van der Waals surface area contributed by atoms with Crippen LogP contribution in [-0.2, 0) is 24.8 Å². The van der Waals surface area contributed by atoms with Crippen LogP contribution in [0.2, 0.25) is 0 Å². The van der Waals surface area contributed by atoms with Gasteiger partial charge in [0, 0.05) is 17.4 Å². The number of ether oxygens (including phenoxy) is 1. The van der Waals surface area contributed by atoms with Gasteiger partial charge in [-0.2, -0.15) is 16.8 Å². The molecule has 2 aliphatic rings. The first-order valence-electron chi connectivity index (χ1n) is 9.69. The molecule has 3 aromatic rings. The Morgan fingerprint density at radius 1 is 0.781 bits per heavy atom. The minimum atomic E-state index is -4.11. The van der Waals surface area contributed by atoms with Gasteiger partial charge in [-0.1, -0.05) is 48.6 Å². The van der Waals surface area contributed by atoms with Gasteiger partial charge in [0.2, 0.25) is 10.2 Å². The van der Waals surface area contributed by atoms with Crippen LogP contribution in [0.4, 0.5) is 11.4 Å². The summed E-state index contributed by atoms with van der Waals surface area (Å²) < 4.78 is 67.4. The van der Waals surface area contributed by atoms with Crippen molar-refractivity contribution in [2.45, 2.75) is 11.2 Å². The molecule has 0 saturated carbocycles. The maximum atomic E-state index is 12.9. The third kappa shape index (κ3) is 3.78. The molecule has 0 spiro atoms. The van der Waals surface area contributed by atoms with Crippen molar-refractivity contribution in [3.05, 3.63) is 90.1 Å². The van der Waals surface area contributed by atoms with Crippen molar-refractivity contribution in [1.29, 1.82) is 0 Å². The molecule has 5 rings (SSSR count). The van der Waals surface area contributed by atoms with Gasteiger partial charge in [-0.05, 0) is 30.4 Å². The van der Waals surface area contributed by atoms with Crippen molar-refractivity contribution in [3.8, 4) is 0 Å². The van der Waals surface area contributed by atoms with E-state index in [-0.39, 0.29) is 33.6 Å².